The van der Waals surface area contributed by atoms with Crippen LogP contribution >= 0.6 is 0 Å². The van der Waals surface area contributed by atoms with Crippen LogP contribution in [0, 0.1) is 6.92 Å². The van der Waals surface area contributed by atoms with Crippen LogP contribution in [0.3, 0.4) is 0 Å². The SMILES string of the molecule is Cc1ccc2c(c1)C1(c3ccccc3-c3ccccc31)c1cccc(C(C)C)c1-2. The Bertz CT molecular complexity index is 1240. The maximum Gasteiger partial charge on any atom is 0.0725 e. The third-order valence-electron chi connectivity index (χ3n) is 6.92. The summed E-state index contributed by atoms with van der Waals surface area (Å²) in [5.41, 5.74) is 13.9. The Morgan fingerprint density at radius 1 is 0.586 bits per heavy atom. The van der Waals surface area contributed by atoms with E-state index >= 15 is 0 Å². The summed E-state index contributed by atoms with van der Waals surface area (Å²) in [6.07, 6.45) is 0. The number of aryl methyl sites for hydroxylation is 1. The molecular formula is C29H24. The summed E-state index contributed by atoms with van der Waals surface area (Å²) in [5.74, 6) is 0.487. The second-order valence-electron chi connectivity index (χ2n) is 8.81. The van der Waals surface area contributed by atoms with Crippen molar-refractivity contribution in [1.82, 2.24) is 0 Å². The molecule has 0 saturated heterocycles. The van der Waals surface area contributed by atoms with E-state index in [2.05, 4.69) is 106 Å². The van der Waals surface area contributed by atoms with E-state index in [0.29, 0.717) is 5.92 Å². The number of rotatable bonds is 1. The monoisotopic (exact) mass is 372 g/mol. The molecule has 0 heterocycles. The van der Waals surface area contributed by atoms with E-state index in [-0.39, 0.29) is 5.41 Å². The second kappa shape index (κ2) is 5.70. The van der Waals surface area contributed by atoms with E-state index in [9.17, 15) is 0 Å². The lowest BCUT2D eigenvalue weighted by molar-refractivity contribution is 0.788. The summed E-state index contributed by atoms with van der Waals surface area (Å²) < 4.78 is 0. The van der Waals surface area contributed by atoms with Crippen LogP contribution in [0.2, 0.25) is 0 Å². The highest BCUT2D eigenvalue weighted by atomic mass is 14.5. The van der Waals surface area contributed by atoms with Gasteiger partial charge in [-0.2, -0.15) is 0 Å². The Morgan fingerprint density at radius 2 is 1.21 bits per heavy atom. The molecule has 0 heteroatoms. The van der Waals surface area contributed by atoms with Crippen LogP contribution < -0.4 is 0 Å². The molecule has 1 spiro atoms. The predicted octanol–water partition coefficient (Wildman–Crippen LogP) is 7.46. The minimum absolute atomic E-state index is 0.214. The van der Waals surface area contributed by atoms with Gasteiger partial charge in [0.25, 0.3) is 0 Å². The fraction of sp³-hybridized carbons (Fsp3) is 0.172. The van der Waals surface area contributed by atoms with Crippen molar-refractivity contribution in [2.75, 3.05) is 0 Å². The second-order valence-corrected chi connectivity index (χ2v) is 8.81. The molecule has 4 aromatic rings. The molecule has 2 aliphatic rings. The molecule has 0 amide bonds. The lowest BCUT2D eigenvalue weighted by Gasteiger charge is -2.30. The van der Waals surface area contributed by atoms with Gasteiger partial charge in [-0.25, -0.2) is 0 Å². The van der Waals surface area contributed by atoms with Crippen molar-refractivity contribution < 1.29 is 0 Å². The zero-order valence-electron chi connectivity index (χ0n) is 17.2. The van der Waals surface area contributed by atoms with Crippen molar-refractivity contribution in [1.29, 1.82) is 0 Å². The fourth-order valence-electron chi connectivity index (χ4n) is 5.81. The van der Waals surface area contributed by atoms with Gasteiger partial charge >= 0.3 is 0 Å². The van der Waals surface area contributed by atoms with Crippen molar-refractivity contribution in [2.24, 2.45) is 0 Å². The largest absolute Gasteiger partial charge is 0.0725 e. The minimum Gasteiger partial charge on any atom is -0.0619 e. The summed E-state index contributed by atoms with van der Waals surface area (Å²) in [6, 6.07) is 32.0. The molecule has 0 N–H and O–H groups in total. The Kier molecular flexibility index (Phi) is 3.30. The van der Waals surface area contributed by atoms with Gasteiger partial charge in [-0.05, 0) is 62.9 Å². The number of benzene rings is 4. The number of hydrogen-bond acceptors (Lipinski definition) is 0. The third-order valence-corrected chi connectivity index (χ3v) is 6.92. The van der Waals surface area contributed by atoms with Gasteiger partial charge in [-0.3, -0.25) is 0 Å². The zero-order chi connectivity index (χ0) is 19.8. The van der Waals surface area contributed by atoms with Gasteiger partial charge in [0.05, 0.1) is 5.41 Å². The fourth-order valence-corrected chi connectivity index (χ4v) is 5.81. The van der Waals surface area contributed by atoms with Gasteiger partial charge in [0.1, 0.15) is 0 Å². The average Bonchev–Trinajstić information content (AvgIpc) is 3.20. The standard InChI is InChI=1S/C29H24/c1-18(2)20-11-8-14-26-28(20)23-16-15-19(3)17-27(23)29(26)24-12-6-4-9-21(24)22-10-5-7-13-25(22)29/h4-18H,1-3H3. The minimum atomic E-state index is -0.214. The smallest absolute Gasteiger partial charge is 0.0619 e. The van der Waals surface area contributed by atoms with Crippen LogP contribution in [-0.2, 0) is 5.41 Å². The topological polar surface area (TPSA) is 0 Å². The van der Waals surface area contributed by atoms with Gasteiger partial charge in [-0.1, -0.05) is 104 Å². The van der Waals surface area contributed by atoms with Gasteiger partial charge in [0.15, 0.2) is 0 Å². The molecular weight excluding hydrogens is 348 g/mol. The van der Waals surface area contributed by atoms with Crippen LogP contribution in [0.4, 0.5) is 0 Å². The van der Waals surface area contributed by atoms with Crippen LogP contribution in [-0.4, -0.2) is 0 Å². The molecule has 0 fully saturated rings. The molecule has 6 rings (SSSR count). The highest BCUT2D eigenvalue weighted by Crippen LogP contribution is 2.63. The molecule has 0 nitrogen and oxygen atoms in total. The van der Waals surface area contributed by atoms with E-state index < -0.39 is 0 Å². The molecule has 4 aromatic carbocycles. The van der Waals surface area contributed by atoms with Gasteiger partial charge in [0, 0.05) is 0 Å². The third kappa shape index (κ3) is 1.94. The highest BCUT2D eigenvalue weighted by Gasteiger charge is 2.51. The van der Waals surface area contributed by atoms with E-state index in [0.717, 1.165) is 0 Å². The van der Waals surface area contributed by atoms with Crippen molar-refractivity contribution >= 4 is 0 Å². The molecule has 140 valence electrons. The van der Waals surface area contributed by atoms with Crippen molar-refractivity contribution in [3.05, 3.63) is 118 Å². The lowest BCUT2D eigenvalue weighted by Crippen LogP contribution is -2.26. The van der Waals surface area contributed by atoms with Crippen LogP contribution in [0.1, 0.15) is 53.1 Å². The normalized spacial score (nSPS) is 14.6. The first-order valence-corrected chi connectivity index (χ1v) is 10.6. The maximum absolute atomic E-state index is 2.43. The first kappa shape index (κ1) is 16.8. The summed E-state index contributed by atoms with van der Waals surface area (Å²) >= 11 is 0. The van der Waals surface area contributed by atoms with Gasteiger partial charge < -0.3 is 0 Å². The van der Waals surface area contributed by atoms with Gasteiger partial charge in [-0.15, -0.1) is 0 Å². The Labute approximate surface area is 172 Å². The molecule has 0 aliphatic heterocycles. The van der Waals surface area contributed by atoms with E-state index in [1.165, 1.54) is 55.6 Å². The van der Waals surface area contributed by atoms with Crippen LogP contribution in [0.25, 0.3) is 22.3 Å². The Morgan fingerprint density at radius 3 is 1.86 bits per heavy atom. The molecule has 0 unspecified atom stereocenters. The van der Waals surface area contributed by atoms with Gasteiger partial charge in [0.2, 0.25) is 0 Å². The van der Waals surface area contributed by atoms with Crippen LogP contribution in [0.15, 0.2) is 84.9 Å². The molecule has 29 heavy (non-hydrogen) atoms. The predicted molar refractivity (Wildman–Crippen MR) is 122 cm³/mol. The molecule has 0 radical (unpaired) electrons. The first-order chi connectivity index (χ1) is 14.1. The first-order valence-electron chi connectivity index (χ1n) is 10.6. The summed E-state index contributed by atoms with van der Waals surface area (Å²) in [4.78, 5) is 0. The van der Waals surface area contributed by atoms with Crippen molar-refractivity contribution in [3.8, 4) is 22.3 Å². The van der Waals surface area contributed by atoms with Crippen molar-refractivity contribution in [3.63, 3.8) is 0 Å². The summed E-state index contributed by atoms with van der Waals surface area (Å²) in [5, 5.41) is 0. The number of fused-ring (bicyclic) bond motifs is 10. The lowest BCUT2D eigenvalue weighted by atomic mass is 9.70. The zero-order valence-corrected chi connectivity index (χ0v) is 17.2. The maximum atomic E-state index is 2.43. The quantitative estimate of drug-likeness (QED) is 0.281. The van der Waals surface area contributed by atoms with Crippen LogP contribution in [0.5, 0.6) is 0 Å². The summed E-state index contributed by atoms with van der Waals surface area (Å²) in [7, 11) is 0. The molecule has 0 aromatic heterocycles. The molecule has 2 aliphatic carbocycles. The Balaban J connectivity index is 1.87. The van der Waals surface area contributed by atoms with E-state index in [4.69, 9.17) is 0 Å². The van der Waals surface area contributed by atoms with E-state index in [1.54, 1.807) is 0 Å². The average molecular weight is 373 g/mol. The van der Waals surface area contributed by atoms with Crippen molar-refractivity contribution in [2.45, 2.75) is 32.1 Å². The summed E-state index contributed by atoms with van der Waals surface area (Å²) in [6.45, 7) is 6.84. The molecule has 0 atom stereocenters. The molecule has 0 bridgehead atoms. The Hall–Kier alpha value is -3.12. The highest BCUT2D eigenvalue weighted by molar-refractivity contribution is 5.96. The number of hydrogen-bond donors (Lipinski definition) is 0. The van der Waals surface area contributed by atoms with E-state index in [1.807, 2.05) is 0 Å². The molecule has 0 saturated carbocycles.